The molecule has 2 fully saturated rings. The fraction of sp³-hybridized carbons (Fsp3) is 0.667. The van der Waals surface area contributed by atoms with Crippen LogP contribution in [0.1, 0.15) is 69.2 Å². The average Bonchev–Trinajstić information content (AvgIpc) is 2.63. The minimum Gasteiger partial charge on any atom is -0.373 e. The van der Waals surface area contributed by atoms with Crippen molar-refractivity contribution in [2.24, 2.45) is 0 Å². The fourth-order valence-electron chi connectivity index (χ4n) is 4.14. The molecule has 7 heteroatoms. The summed E-state index contributed by atoms with van der Waals surface area (Å²) in [5.41, 5.74) is 0.400. The van der Waals surface area contributed by atoms with Crippen molar-refractivity contribution in [1.29, 1.82) is 0 Å². The lowest BCUT2D eigenvalue weighted by molar-refractivity contribution is -0.0440. The van der Waals surface area contributed by atoms with Crippen molar-refractivity contribution < 1.29 is 17.9 Å². The molecular weight excluding hydrogens is 376 g/mol. The van der Waals surface area contributed by atoms with E-state index in [0.29, 0.717) is 18.7 Å². The maximum atomic E-state index is 13.1. The highest BCUT2D eigenvalue weighted by Gasteiger charge is 2.32. The van der Waals surface area contributed by atoms with Crippen molar-refractivity contribution >= 4 is 15.9 Å². The zero-order valence-corrected chi connectivity index (χ0v) is 17.7. The lowest BCUT2D eigenvalue weighted by atomic mass is 9.96. The molecule has 0 radical (unpaired) electrons. The molecule has 3 rings (SSSR count). The summed E-state index contributed by atoms with van der Waals surface area (Å²) in [5, 5.41) is 3.11. The molecular formula is C21H32N2O4S. The topological polar surface area (TPSA) is 75.7 Å². The number of carbonyl (C=O) groups is 1. The summed E-state index contributed by atoms with van der Waals surface area (Å²) < 4.78 is 33.2. The third-order valence-electron chi connectivity index (χ3n) is 5.56. The molecule has 1 N–H and O–H groups in total. The fourth-order valence-corrected chi connectivity index (χ4v) is 5.78. The highest BCUT2D eigenvalue weighted by atomic mass is 32.2. The summed E-state index contributed by atoms with van der Waals surface area (Å²) in [6.45, 7) is 4.39. The molecule has 1 saturated carbocycles. The van der Waals surface area contributed by atoms with Crippen LogP contribution in [-0.2, 0) is 14.8 Å². The Morgan fingerprint density at radius 3 is 2.29 bits per heavy atom. The van der Waals surface area contributed by atoms with Gasteiger partial charge in [0.25, 0.3) is 5.91 Å². The van der Waals surface area contributed by atoms with Crippen molar-refractivity contribution in [2.75, 3.05) is 13.1 Å². The van der Waals surface area contributed by atoms with Crippen LogP contribution in [0.25, 0.3) is 0 Å². The van der Waals surface area contributed by atoms with Crippen LogP contribution >= 0.6 is 0 Å². The zero-order chi connectivity index (χ0) is 20.1. The van der Waals surface area contributed by atoms with Crippen LogP contribution in [0.5, 0.6) is 0 Å². The number of carbonyl (C=O) groups excluding carboxylic acids is 1. The van der Waals surface area contributed by atoms with E-state index in [1.165, 1.54) is 29.6 Å². The van der Waals surface area contributed by atoms with Gasteiger partial charge in [-0.1, -0.05) is 38.2 Å². The van der Waals surface area contributed by atoms with Gasteiger partial charge in [0, 0.05) is 24.7 Å². The predicted molar refractivity (Wildman–Crippen MR) is 109 cm³/mol. The van der Waals surface area contributed by atoms with Crippen LogP contribution in [0.3, 0.4) is 0 Å². The maximum Gasteiger partial charge on any atom is 0.251 e. The van der Waals surface area contributed by atoms with E-state index in [1.807, 2.05) is 13.8 Å². The van der Waals surface area contributed by atoms with Gasteiger partial charge in [-0.2, -0.15) is 4.31 Å². The van der Waals surface area contributed by atoms with Crippen molar-refractivity contribution in [3.63, 3.8) is 0 Å². The molecule has 0 aromatic heterocycles. The van der Waals surface area contributed by atoms with Gasteiger partial charge in [-0.3, -0.25) is 4.79 Å². The lowest BCUT2D eigenvalue weighted by Gasteiger charge is -2.34. The average molecular weight is 409 g/mol. The van der Waals surface area contributed by atoms with Gasteiger partial charge in [0.05, 0.1) is 17.1 Å². The lowest BCUT2D eigenvalue weighted by Crippen LogP contribution is -2.48. The Labute approximate surface area is 168 Å². The quantitative estimate of drug-likeness (QED) is 0.829. The molecule has 0 spiro atoms. The minimum atomic E-state index is -3.65. The van der Waals surface area contributed by atoms with Gasteiger partial charge in [0.15, 0.2) is 0 Å². The van der Waals surface area contributed by atoms with Crippen molar-refractivity contribution in [1.82, 2.24) is 9.62 Å². The van der Waals surface area contributed by atoms with Gasteiger partial charge in [-0.25, -0.2) is 8.42 Å². The number of hydrogen-bond donors (Lipinski definition) is 1. The molecule has 2 aliphatic rings. The number of benzene rings is 1. The van der Waals surface area contributed by atoms with Crippen LogP contribution in [-0.4, -0.2) is 50.0 Å². The molecule has 2 atom stereocenters. The van der Waals surface area contributed by atoms with E-state index in [9.17, 15) is 13.2 Å². The van der Waals surface area contributed by atoms with Crippen molar-refractivity contribution in [3.8, 4) is 0 Å². The number of nitrogens with one attached hydrogen (secondary N) is 1. The van der Waals surface area contributed by atoms with Gasteiger partial charge < -0.3 is 10.1 Å². The zero-order valence-electron chi connectivity index (χ0n) is 16.9. The number of nitrogens with zero attached hydrogens (tertiary/aromatic N) is 1. The predicted octanol–water partition coefficient (Wildman–Crippen LogP) is 3.33. The molecule has 0 bridgehead atoms. The summed E-state index contributed by atoms with van der Waals surface area (Å²) in [5.74, 6) is -0.189. The van der Waals surface area contributed by atoms with E-state index >= 15 is 0 Å². The van der Waals surface area contributed by atoms with Gasteiger partial charge >= 0.3 is 0 Å². The van der Waals surface area contributed by atoms with Crippen LogP contribution < -0.4 is 5.32 Å². The second-order valence-electron chi connectivity index (χ2n) is 8.12. The Balaban J connectivity index is 1.72. The van der Waals surface area contributed by atoms with E-state index in [-0.39, 0.29) is 29.1 Å². The summed E-state index contributed by atoms with van der Waals surface area (Å²) in [6, 6.07) is 6.56. The number of morpholine rings is 1. The smallest absolute Gasteiger partial charge is 0.251 e. The highest BCUT2D eigenvalue weighted by Crippen LogP contribution is 2.22. The Kier molecular flexibility index (Phi) is 7.12. The first-order chi connectivity index (χ1) is 13.4. The van der Waals surface area contributed by atoms with E-state index < -0.39 is 10.0 Å². The molecule has 1 saturated heterocycles. The molecule has 28 heavy (non-hydrogen) atoms. The minimum absolute atomic E-state index is 0.149. The summed E-state index contributed by atoms with van der Waals surface area (Å²) in [4.78, 5) is 12.9. The Hall–Kier alpha value is -1.44. The van der Waals surface area contributed by atoms with Gasteiger partial charge in [0.2, 0.25) is 10.0 Å². The van der Waals surface area contributed by atoms with E-state index in [1.54, 1.807) is 18.2 Å². The third kappa shape index (κ3) is 5.33. The molecule has 1 aromatic rings. The van der Waals surface area contributed by atoms with Gasteiger partial charge in [-0.05, 0) is 44.9 Å². The molecule has 1 amide bonds. The first kappa shape index (κ1) is 21.3. The second kappa shape index (κ2) is 9.37. The summed E-state index contributed by atoms with van der Waals surface area (Å²) in [7, 11) is -3.65. The molecule has 2 unspecified atom stereocenters. The summed E-state index contributed by atoms with van der Waals surface area (Å²) >= 11 is 0. The molecule has 156 valence electrons. The second-order valence-corrected chi connectivity index (χ2v) is 10.1. The standard InChI is InChI=1S/C21H32N2O4S/c1-16-14-23(15-17(2)27-16)28(25,26)20-12-8-9-18(13-20)21(24)22-19-10-6-4-3-5-7-11-19/h8-9,12-13,16-17,19H,3-7,10-11,14-15H2,1-2H3,(H,22,24). The van der Waals surface area contributed by atoms with Gasteiger partial charge in [-0.15, -0.1) is 0 Å². The van der Waals surface area contributed by atoms with Gasteiger partial charge in [0.1, 0.15) is 0 Å². The Bertz CT molecular complexity index is 762. The molecule has 1 aromatic carbocycles. The normalized spacial score (nSPS) is 25.6. The van der Waals surface area contributed by atoms with E-state index in [4.69, 9.17) is 4.74 Å². The van der Waals surface area contributed by atoms with Crippen LogP contribution in [0.4, 0.5) is 0 Å². The number of sulfonamides is 1. The Morgan fingerprint density at radius 2 is 1.64 bits per heavy atom. The highest BCUT2D eigenvalue weighted by molar-refractivity contribution is 7.89. The van der Waals surface area contributed by atoms with Crippen LogP contribution in [0.15, 0.2) is 29.2 Å². The van der Waals surface area contributed by atoms with Crippen LogP contribution in [0.2, 0.25) is 0 Å². The number of amides is 1. The first-order valence-corrected chi connectivity index (χ1v) is 11.9. The van der Waals surface area contributed by atoms with E-state index in [0.717, 1.165) is 25.7 Å². The summed E-state index contributed by atoms with van der Waals surface area (Å²) in [6.07, 6.45) is 7.67. The number of ether oxygens (including phenoxy) is 1. The molecule has 1 aliphatic carbocycles. The monoisotopic (exact) mass is 408 g/mol. The Morgan fingerprint density at radius 1 is 1.04 bits per heavy atom. The van der Waals surface area contributed by atoms with E-state index in [2.05, 4.69) is 5.32 Å². The third-order valence-corrected chi connectivity index (χ3v) is 7.39. The van der Waals surface area contributed by atoms with Crippen LogP contribution in [0, 0.1) is 0 Å². The molecule has 6 nitrogen and oxygen atoms in total. The number of hydrogen-bond acceptors (Lipinski definition) is 4. The maximum absolute atomic E-state index is 13.1. The SMILES string of the molecule is CC1CN(S(=O)(=O)c2cccc(C(=O)NC3CCCCCCC3)c2)CC(C)O1. The number of rotatable bonds is 4. The first-order valence-electron chi connectivity index (χ1n) is 10.4. The van der Waals surface area contributed by atoms with Crippen molar-refractivity contribution in [2.45, 2.75) is 81.9 Å². The molecule has 1 heterocycles. The molecule has 1 aliphatic heterocycles. The largest absolute Gasteiger partial charge is 0.373 e. The van der Waals surface area contributed by atoms with Crippen molar-refractivity contribution in [3.05, 3.63) is 29.8 Å².